The standard InChI is InChI=1S/C38H42BrN3O3/c39-35-12-3-5-28(21-35)22-37(44)42(18-17-27-13-15-36(43)16-14-27)26-31-8-2-9-32(20-31)33-10-4-11-34(23-33)38(45)41-25-30-7-1-6-29(19-30)24-40/h2-5,8-16,20-21,23,29-30,43H,1,6-7,17-19,22,24-26,40H2,(H,41,45). The van der Waals surface area contributed by atoms with Crippen molar-refractivity contribution < 1.29 is 14.7 Å². The van der Waals surface area contributed by atoms with Gasteiger partial charge in [0.25, 0.3) is 5.91 Å². The predicted molar refractivity (Wildman–Crippen MR) is 184 cm³/mol. The zero-order valence-corrected chi connectivity index (χ0v) is 27.2. The first kappa shape index (κ1) is 32.5. The zero-order valence-electron chi connectivity index (χ0n) is 25.6. The summed E-state index contributed by atoms with van der Waals surface area (Å²) in [6.07, 6.45) is 5.58. The van der Waals surface area contributed by atoms with Crippen LogP contribution in [0.2, 0.25) is 0 Å². The number of amides is 2. The quantitative estimate of drug-likeness (QED) is 0.150. The minimum absolute atomic E-state index is 0.0479. The molecule has 0 aliphatic heterocycles. The summed E-state index contributed by atoms with van der Waals surface area (Å²) >= 11 is 3.51. The van der Waals surface area contributed by atoms with Gasteiger partial charge in [-0.3, -0.25) is 9.59 Å². The second-order valence-electron chi connectivity index (χ2n) is 12.2. The van der Waals surface area contributed by atoms with E-state index in [1.165, 1.54) is 12.8 Å². The van der Waals surface area contributed by atoms with E-state index in [0.29, 0.717) is 49.9 Å². The first-order valence-electron chi connectivity index (χ1n) is 15.8. The van der Waals surface area contributed by atoms with E-state index < -0.39 is 0 Å². The maximum atomic E-state index is 13.6. The SMILES string of the molecule is NCC1CCCC(CNC(=O)c2cccc(-c3cccc(CN(CCc4ccc(O)cc4)C(=O)Cc4cccc(Br)c4)c3)c2)C1. The number of hydrogen-bond donors (Lipinski definition) is 3. The summed E-state index contributed by atoms with van der Waals surface area (Å²) in [4.78, 5) is 28.6. The van der Waals surface area contributed by atoms with Crippen LogP contribution >= 0.6 is 15.9 Å². The third kappa shape index (κ3) is 9.52. The van der Waals surface area contributed by atoms with Crippen molar-refractivity contribution in [1.29, 1.82) is 0 Å². The molecule has 2 unspecified atom stereocenters. The number of nitrogens with one attached hydrogen (secondary N) is 1. The number of phenolic OH excluding ortho intramolecular Hbond substituents is 1. The first-order valence-corrected chi connectivity index (χ1v) is 16.6. The smallest absolute Gasteiger partial charge is 0.251 e. The van der Waals surface area contributed by atoms with Crippen molar-refractivity contribution in [2.24, 2.45) is 17.6 Å². The van der Waals surface area contributed by atoms with Crippen molar-refractivity contribution in [3.8, 4) is 16.9 Å². The number of carbonyl (C=O) groups excluding carboxylic acids is 2. The summed E-state index contributed by atoms with van der Waals surface area (Å²) < 4.78 is 0.946. The third-order valence-electron chi connectivity index (χ3n) is 8.74. The summed E-state index contributed by atoms with van der Waals surface area (Å²) in [6, 6.07) is 30.9. The topological polar surface area (TPSA) is 95.7 Å². The Morgan fingerprint density at radius 1 is 0.844 bits per heavy atom. The van der Waals surface area contributed by atoms with Crippen LogP contribution in [0.5, 0.6) is 5.75 Å². The van der Waals surface area contributed by atoms with Crippen molar-refractivity contribution in [3.63, 3.8) is 0 Å². The van der Waals surface area contributed by atoms with E-state index in [1.54, 1.807) is 12.1 Å². The molecule has 0 spiro atoms. The average molecular weight is 669 g/mol. The molecule has 0 saturated heterocycles. The maximum absolute atomic E-state index is 13.6. The van der Waals surface area contributed by atoms with Crippen molar-refractivity contribution in [2.45, 2.75) is 45.1 Å². The van der Waals surface area contributed by atoms with Gasteiger partial charge in [-0.15, -0.1) is 0 Å². The molecule has 0 aromatic heterocycles. The lowest BCUT2D eigenvalue weighted by atomic mass is 9.81. The lowest BCUT2D eigenvalue weighted by Gasteiger charge is -2.28. The Bertz CT molecular complexity index is 1590. The van der Waals surface area contributed by atoms with E-state index in [2.05, 4.69) is 27.3 Å². The van der Waals surface area contributed by atoms with Crippen LogP contribution < -0.4 is 11.1 Å². The molecule has 1 aliphatic rings. The molecule has 4 aromatic rings. The molecule has 4 aromatic carbocycles. The fourth-order valence-corrected chi connectivity index (χ4v) is 6.65. The first-order chi connectivity index (χ1) is 21.9. The van der Waals surface area contributed by atoms with Gasteiger partial charge >= 0.3 is 0 Å². The number of phenols is 1. The van der Waals surface area contributed by atoms with Gasteiger partial charge in [0.1, 0.15) is 5.75 Å². The number of benzene rings is 4. The van der Waals surface area contributed by atoms with Crippen molar-refractivity contribution in [2.75, 3.05) is 19.6 Å². The average Bonchev–Trinajstić information content (AvgIpc) is 3.06. The zero-order chi connectivity index (χ0) is 31.6. The number of rotatable bonds is 12. The summed E-state index contributed by atoms with van der Waals surface area (Å²) in [5, 5.41) is 12.8. The predicted octanol–water partition coefficient (Wildman–Crippen LogP) is 7.13. The Balaban J connectivity index is 1.28. The van der Waals surface area contributed by atoms with Crippen LogP contribution in [-0.2, 0) is 24.2 Å². The van der Waals surface area contributed by atoms with E-state index in [9.17, 15) is 14.7 Å². The van der Waals surface area contributed by atoms with Gasteiger partial charge in [0.05, 0.1) is 6.42 Å². The molecule has 4 N–H and O–H groups in total. The van der Waals surface area contributed by atoms with E-state index in [-0.39, 0.29) is 17.6 Å². The third-order valence-corrected chi connectivity index (χ3v) is 9.23. The van der Waals surface area contributed by atoms with Crippen LogP contribution in [0.3, 0.4) is 0 Å². The molecule has 6 nitrogen and oxygen atoms in total. The summed E-state index contributed by atoms with van der Waals surface area (Å²) in [5.74, 6) is 1.27. The normalized spacial score (nSPS) is 16.2. The highest BCUT2D eigenvalue weighted by atomic mass is 79.9. The molecule has 2 atom stereocenters. The molecule has 0 bridgehead atoms. The molecule has 7 heteroatoms. The second-order valence-corrected chi connectivity index (χ2v) is 13.1. The molecular formula is C38H42BrN3O3. The molecule has 5 rings (SSSR count). The van der Waals surface area contributed by atoms with Crippen molar-refractivity contribution >= 4 is 27.7 Å². The van der Waals surface area contributed by atoms with Gasteiger partial charge < -0.3 is 21.1 Å². The van der Waals surface area contributed by atoms with Gasteiger partial charge in [-0.1, -0.05) is 76.9 Å². The van der Waals surface area contributed by atoms with Crippen LogP contribution in [0.1, 0.15) is 52.7 Å². The van der Waals surface area contributed by atoms with E-state index in [1.807, 2.05) is 83.8 Å². The van der Waals surface area contributed by atoms with Gasteiger partial charge in [-0.2, -0.15) is 0 Å². The Hall–Kier alpha value is -3.94. The van der Waals surface area contributed by atoms with E-state index in [4.69, 9.17) is 5.73 Å². The van der Waals surface area contributed by atoms with E-state index >= 15 is 0 Å². The van der Waals surface area contributed by atoms with E-state index in [0.717, 1.165) is 51.7 Å². The Kier molecular flexibility index (Phi) is 11.4. The highest BCUT2D eigenvalue weighted by Crippen LogP contribution is 2.28. The van der Waals surface area contributed by atoms with Crippen LogP contribution in [0, 0.1) is 11.8 Å². The highest BCUT2D eigenvalue weighted by Gasteiger charge is 2.22. The lowest BCUT2D eigenvalue weighted by Crippen LogP contribution is -2.33. The molecule has 45 heavy (non-hydrogen) atoms. The maximum Gasteiger partial charge on any atom is 0.251 e. The van der Waals surface area contributed by atoms with Crippen LogP contribution in [-0.4, -0.2) is 41.5 Å². The summed E-state index contributed by atoms with van der Waals surface area (Å²) in [5.41, 5.74) is 11.5. The number of nitrogens with zero attached hydrogens (tertiary/aromatic N) is 1. The lowest BCUT2D eigenvalue weighted by molar-refractivity contribution is -0.131. The van der Waals surface area contributed by atoms with Gasteiger partial charge in [0.2, 0.25) is 5.91 Å². The monoisotopic (exact) mass is 667 g/mol. The molecule has 1 aliphatic carbocycles. The van der Waals surface area contributed by atoms with Crippen LogP contribution in [0.4, 0.5) is 0 Å². The Morgan fingerprint density at radius 2 is 1.56 bits per heavy atom. The van der Waals surface area contributed by atoms with Gasteiger partial charge in [-0.05, 0) is 114 Å². The summed E-state index contributed by atoms with van der Waals surface area (Å²) in [6.45, 7) is 2.42. The number of carbonyl (C=O) groups is 2. The minimum atomic E-state index is -0.0542. The summed E-state index contributed by atoms with van der Waals surface area (Å²) in [7, 11) is 0. The van der Waals surface area contributed by atoms with Crippen molar-refractivity contribution in [3.05, 3.63) is 124 Å². The molecule has 234 valence electrons. The molecule has 0 heterocycles. The largest absolute Gasteiger partial charge is 0.508 e. The number of aromatic hydroxyl groups is 1. The van der Waals surface area contributed by atoms with Gasteiger partial charge in [0.15, 0.2) is 0 Å². The van der Waals surface area contributed by atoms with Gasteiger partial charge in [-0.25, -0.2) is 0 Å². The molecular weight excluding hydrogens is 626 g/mol. The van der Waals surface area contributed by atoms with Crippen molar-refractivity contribution in [1.82, 2.24) is 10.2 Å². The minimum Gasteiger partial charge on any atom is -0.508 e. The highest BCUT2D eigenvalue weighted by molar-refractivity contribution is 9.10. The Labute approximate surface area is 274 Å². The van der Waals surface area contributed by atoms with Crippen LogP contribution in [0.15, 0.2) is 102 Å². The Morgan fingerprint density at radius 3 is 2.33 bits per heavy atom. The number of hydrogen-bond acceptors (Lipinski definition) is 4. The number of nitrogens with two attached hydrogens (primary N) is 1. The molecule has 1 saturated carbocycles. The number of halogens is 1. The fourth-order valence-electron chi connectivity index (χ4n) is 6.20. The van der Waals surface area contributed by atoms with Gasteiger partial charge in [0, 0.05) is 29.7 Å². The molecule has 2 amide bonds. The fraction of sp³-hybridized carbons (Fsp3) is 0.316. The second kappa shape index (κ2) is 15.9. The molecule has 1 fully saturated rings. The van der Waals surface area contributed by atoms with Crippen LogP contribution in [0.25, 0.3) is 11.1 Å². The molecule has 0 radical (unpaired) electrons.